The molecular formula is C69H98O6. The summed E-state index contributed by atoms with van der Waals surface area (Å²) in [4.78, 5) is 38.1. The molecule has 0 aromatic heterocycles. The van der Waals surface area contributed by atoms with Gasteiger partial charge in [0.15, 0.2) is 6.10 Å². The Morgan fingerprint density at radius 1 is 0.253 bits per heavy atom. The quantitative estimate of drug-likeness (QED) is 0.0343. The van der Waals surface area contributed by atoms with E-state index in [1.165, 1.54) is 0 Å². The van der Waals surface area contributed by atoms with Crippen LogP contribution in [0.4, 0.5) is 0 Å². The predicted molar refractivity (Wildman–Crippen MR) is 324 cm³/mol. The van der Waals surface area contributed by atoms with Crippen LogP contribution < -0.4 is 0 Å². The average Bonchev–Trinajstić information content (AvgIpc) is 3.41. The summed E-state index contributed by atoms with van der Waals surface area (Å²) in [6, 6.07) is 0. The summed E-state index contributed by atoms with van der Waals surface area (Å²) in [7, 11) is 0. The minimum Gasteiger partial charge on any atom is -0.462 e. The Morgan fingerprint density at radius 2 is 0.427 bits per heavy atom. The van der Waals surface area contributed by atoms with Crippen LogP contribution >= 0.6 is 0 Å². The molecule has 6 nitrogen and oxygen atoms in total. The lowest BCUT2D eigenvalue weighted by Crippen LogP contribution is -2.30. The van der Waals surface area contributed by atoms with E-state index >= 15 is 0 Å². The largest absolute Gasteiger partial charge is 0.462 e. The smallest absolute Gasteiger partial charge is 0.306 e. The summed E-state index contributed by atoms with van der Waals surface area (Å²) in [5.41, 5.74) is 0. The van der Waals surface area contributed by atoms with Crippen LogP contribution in [-0.4, -0.2) is 37.2 Å². The molecule has 0 N–H and O–H groups in total. The van der Waals surface area contributed by atoms with Gasteiger partial charge in [-0.15, -0.1) is 0 Å². The van der Waals surface area contributed by atoms with Gasteiger partial charge in [-0.3, -0.25) is 14.4 Å². The summed E-state index contributed by atoms with van der Waals surface area (Å²) in [5, 5.41) is 0. The predicted octanol–water partition coefficient (Wildman–Crippen LogP) is 19.4. The molecule has 0 saturated carbocycles. The zero-order valence-corrected chi connectivity index (χ0v) is 46.7. The van der Waals surface area contributed by atoms with Gasteiger partial charge in [-0.05, 0) is 135 Å². The van der Waals surface area contributed by atoms with Crippen LogP contribution in [0, 0.1) is 0 Å². The Morgan fingerprint density at radius 3 is 0.627 bits per heavy atom. The Labute approximate surface area is 457 Å². The van der Waals surface area contributed by atoms with Gasteiger partial charge in [-0.25, -0.2) is 0 Å². The van der Waals surface area contributed by atoms with Gasteiger partial charge in [0.1, 0.15) is 13.2 Å². The number of carbonyl (C=O) groups excluding carboxylic acids is 3. The maximum Gasteiger partial charge on any atom is 0.306 e. The van der Waals surface area contributed by atoms with Crippen molar-refractivity contribution in [1.29, 1.82) is 0 Å². The van der Waals surface area contributed by atoms with Crippen LogP contribution in [0.5, 0.6) is 0 Å². The fraction of sp³-hybridized carbons (Fsp3) is 0.435. The van der Waals surface area contributed by atoms with E-state index in [1.807, 2.05) is 36.5 Å². The second kappa shape index (κ2) is 60.3. The molecule has 0 aliphatic carbocycles. The lowest BCUT2D eigenvalue weighted by atomic mass is 10.2. The van der Waals surface area contributed by atoms with Gasteiger partial charge in [0, 0.05) is 19.3 Å². The molecule has 0 atom stereocenters. The highest BCUT2D eigenvalue weighted by Gasteiger charge is 2.19. The summed E-state index contributed by atoms with van der Waals surface area (Å²) in [5.74, 6) is -1.25. The van der Waals surface area contributed by atoms with Crippen molar-refractivity contribution in [2.24, 2.45) is 0 Å². The first kappa shape index (κ1) is 68.7. The molecule has 0 radical (unpaired) electrons. The molecule has 0 bridgehead atoms. The maximum atomic E-state index is 12.8. The number of ether oxygens (including phenoxy) is 3. The minimum atomic E-state index is -0.896. The van der Waals surface area contributed by atoms with Crippen LogP contribution in [0.2, 0.25) is 0 Å². The monoisotopic (exact) mass is 1020 g/mol. The van der Waals surface area contributed by atoms with Crippen LogP contribution in [0.3, 0.4) is 0 Å². The minimum absolute atomic E-state index is 0.159. The third-order valence-corrected chi connectivity index (χ3v) is 10.5. The van der Waals surface area contributed by atoms with Crippen molar-refractivity contribution >= 4 is 17.9 Å². The SMILES string of the molecule is CCC=CCC=CCC=CCC=CCC=CCC=CCCC(=O)OCC(COC(=O)CCC=CCC=CCC=CCC=CCC=CCC=CCC)OC(=O)CCC=CCC=CCC=CCC=CCC=CCC=CCC. The highest BCUT2D eigenvalue weighted by Crippen LogP contribution is 2.07. The lowest BCUT2D eigenvalue weighted by Gasteiger charge is -2.18. The molecular weight excluding hydrogens is 925 g/mol. The Bertz CT molecular complexity index is 1850. The summed E-state index contributed by atoms with van der Waals surface area (Å²) in [6.45, 7) is 6.06. The zero-order valence-electron chi connectivity index (χ0n) is 46.7. The zero-order chi connectivity index (χ0) is 54.3. The third-order valence-electron chi connectivity index (χ3n) is 10.5. The molecule has 0 aliphatic heterocycles. The van der Waals surface area contributed by atoms with E-state index in [-0.39, 0.29) is 32.5 Å². The van der Waals surface area contributed by atoms with Crippen molar-refractivity contribution < 1.29 is 28.6 Å². The third kappa shape index (κ3) is 58.5. The number of allylic oxidation sites excluding steroid dienone is 36. The van der Waals surface area contributed by atoms with E-state index in [0.717, 1.165) is 116 Å². The van der Waals surface area contributed by atoms with Crippen LogP contribution in [0.25, 0.3) is 0 Å². The van der Waals surface area contributed by atoms with Gasteiger partial charge < -0.3 is 14.2 Å². The van der Waals surface area contributed by atoms with Gasteiger partial charge in [0.05, 0.1) is 0 Å². The van der Waals surface area contributed by atoms with E-state index < -0.39 is 24.0 Å². The van der Waals surface area contributed by atoms with Gasteiger partial charge in [0.25, 0.3) is 0 Å². The first-order valence-electron chi connectivity index (χ1n) is 28.2. The van der Waals surface area contributed by atoms with Crippen molar-refractivity contribution in [3.8, 4) is 0 Å². The first-order chi connectivity index (χ1) is 37.0. The maximum absolute atomic E-state index is 12.8. The number of carbonyl (C=O) groups is 3. The second-order valence-corrected chi connectivity index (χ2v) is 17.3. The summed E-state index contributed by atoms with van der Waals surface area (Å²) < 4.78 is 16.6. The average molecular weight is 1020 g/mol. The van der Waals surface area contributed by atoms with E-state index in [9.17, 15) is 14.4 Å². The van der Waals surface area contributed by atoms with Gasteiger partial charge >= 0.3 is 17.9 Å². The normalized spacial score (nSPS) is 13.8. The number of rotatable bonds is 47. The molecule has 0 amide bonds. The first-order valence-corrected chi connectivity index (χ1v) is 28.2. The molecule has 0 saturated heterocycles. The highest BCUT2D eigenvalue weighted by atomic mass is 16.6. The fourth-order valence-electron chi connectivity index (χ4n) is 6.40. The van der Waals surface area contributed by atoms with Crippen LogP contribution in [0.1, 0.15) is 175 Å². The van der Waals surface area contributed by atoms with E-state index in [4.69, 9.17) is 14.2 Å². The van der Waals surface area contributed by atoms with Gasteiger partial charge in [-0.2, -0.15) is 0 Å². The molecule has 75 heavy (non-hydrogen) atoms. The summed E-state index contributed by atoms with van der Waals surface area (Å²) >= 11 is 0. The molecule has 0 heterocycles. The number of hydrogen-bond acceptors (Lipinski definition) is 6. The van der Waals surface area contributed by atoms with Crippen molar-refractivity contribution in [2.45, 2.75) is 181 Å². The molecule has 0 fully saturated rings. The Kier molecular flexibility index (Phi) is 55.2. The standard InChI is InChI=1S/C69H98O6/c1-4-7-10-13-16-19-22-25-28-31-34-37-40-43-46-49-52-55-58-61-67(70)73-64-66(75-69(72)63-60-57-54-51-48-45-42-39-36-33-30-27-24-21-18-15-12-9-6-3)65-74-68(71)62-59-56-53-50-47-44-41-38-35-32-29-26-23-20-17-14-11-8-5-2/h7-12,16-21,25-30,34-39,43-48,52-57,66H,4-6,13-15,22-24,31-33,40-42,49-51,58-65H2,1-3H3. The molecule has 0 rings (SSSR count). The van der Waals surface area contributed by atoms with Crippen molar-refractivity contribution in [3.05, 3.63) is 219 Å². The molecule has 410 valence electrons. The van der Waals surface area contributed by atoms with Gasteiger partial charge in [0.2, 0.25) is 0 Å². The molecule has 0 unspecified atom stereocenters. The topological polar surface area (TPSA) is 78.9 Å². The number of hydrogen-bond donors (Lipinski definition) is 0. The Balaban J connectivity index is 4.79. The molecule has 6 heteroatoms. The van der Waals surface area contributed by atoms with Crippen LogP contribution in [-0.2, 0) is 28.6 Å². The highest BCUT2D eigenvalue weighted by molar-refractivity contribution is 5.71. The lowest BCUT2D eigenvalue weighted by molar-refractivity contribution is -0.166. The summed E-state index contributed by atoms with van der Waals surface area (Å²) in [6.07, 6.45) is 95.3. The van der Waals surface area contributed by atoms with E-state index in [1.54, 1.807) is 0 Å². The van der Waals surface area contributed by atoms with Gasteiger partial charge in [-0.1, -0.05) is 240 Å². The second-order valence-electron chi connectivity index (χ2n) is 17.3. The molecule has 0 aromatic carbocycles. The fourth-order valence-corrected chi connectivity index (χ4v) is 6.40. The molecule has 0 spiro atoms. The van der Waals surface area contributed by atoms with E-state index in [2.05, 4.69) is 203 Å². The molecule has 0 aliphatic rings. The number of esters is 3. The van der Waals surface area contributed by atoms with Crippen LogP contribution in [0.15, 0.2) is 219 Å². The van der Waals surface area contributed by atoms with Crippen molar-refractivity contribution in [2.75, 3.05) is 13.2 Å². The van der Waals surface area contributed by atoms with Crippen molar-refractivity contribution in [1.82, 2.24) is 0 Å². The Hall–Kier alpha value is -6.27. The van der Waals surface area contributed by atoms with Crippen molar-refractivity contribution in [3.63, 3.8) is 0 Å². The van der Waals surface area contributed by atoms with E-state index in [0.29, 0.717) is 19.3 Å². The molecule has 0 aromatic rings.